The second-order valence-corrected chi connectivity index (χ2v) is 4.55. The predicted molar refractivity (Wildman–Crippen MR) is 66.6 cm³/mol. The van der Waals surface area contributed by atoms with Gasteiger partial charge in [0.15, 0.2) is 0 Å². The van der Waals surface area contributed by atoms with Crippen LogP contribution in [0.2, 0.25) is 0 Å². The minimum atomic E-state index is -1.13. The molecular weight excluding hydrogens is 252 g/mol. The van der Waals surface area contributed by atoms with Crippen LogP contribution < -0.4 is 5.32 Å². The Labute approximate surface area is 110 Å². The fourth-order valence-corrected chi connectivity index (χ4v) is 1.52. The number of carboxylic acid groups (broad SMARTS) is 1. The van der Waals surface area contributed by atoms with Gasteiger partial charge in [0.05, 0.1) is 6.54 Å². The molecule has 1 amide bonds. The standard InChI is InChI=1S/C11H18N4O4/c1-5-15(11(3,4)9(17)18)6-8(16)12-10-14-13-7(2)19-10/h5-6H2,1-4H3,(H,17,18)(H,12,14,16). The van der Waals surface area contributed by atoms with Crippen LogP contribution in [0, 0.1) is 6.92 Å². The zero-order valence-corrected chi connectivity index (χ0v) is 11.4. The Hall–Kier alpha value is -1.96. The molecule has 1 aromatic rings. The second-order valence-electron chi connectivity index (χ2n) is 4.55. The summed E-state index contributed by atoms with van der Waals surface area (Å²) in [6.45, 7) is 6.84. The molecule has 0 saturated carbocycles. The first-order valence-corrected chi connectivity index (χ1v) is 5.85. The van der Waals surface area contributed by atoms with Crippen molar-refractivity contribution in [3.8, 4) is 0 Å². The Morgan fingerprint density at radius 1 is 1.42 bits per heavy atom. The summed E-state index contributed by atoms with van der Waals surface area (Å²) < 4.78 is 5.01. The maximum atomic E-state index is 11.8. The molecule has 0 aliphatic heterocycles. The molecule has 0 fully saturated rings. The van der Waals surface area contributed by atoms with E-state index in [1.165, 1.54) is 4.90 Å². The predicted octanol–water partition coefficient (Wildman–Crippen LogP) is 0.502. The Bertz CT molecular complexity index is 469. The van der Waals surface area contributed by atoms with Crippen LogP contribution in [0.1, 0.15) is 26.7 Å². The summed E-state index contributed by atoms with van der Waals surface area (Å²) in [6.07, 6.45) is 0. The molecule has 0 radical (unpaired) electrons. The van der Waals surface area contributed by atoms with Gasteiger partial charge in [-0.05, 0) is 20.4 Å². The molecule has 8 nitrogen and oxygen atoms in total. The van der Waals surface area contributed by atoms with Gasteiger partial charge in [0.1, 0.15) is 5.54 Å². The molecule has 0 spiro atoms. The van der Waals surface area contributed by atoms with Crippen LogP contribution in [-0.2, 0) is 9.59 Å². The third-order valence-electron chi connectivity index (χ3n) is 2.80. The summed E-state index contributed by atoms with van der Waals surface area (Å²) in [4.78, 5) is 24.5. The van der Waals surface area contributed by atoms with Crippen LogP contribution in [-0.4, -0.2) is 50.7 Å². The third kappa shape index (κ3) is 3.75. The number of nitrogens with one attached hydrogen (secondary N) is 1. The van der Waals surface area contributed by atoms with Gasteiger partial charge in [-0.15, -0.1) is 5.10 Å². The van der Waals surface area contributed by atoms with Gasteiger partial charge in [0.2, 0.25) is 11.8 Å². The van der Waals surface area contributed by atoms with E-state index in [2.05, 4.69) is 15.5 Å². The number of carbonyl (C=O) groups is 2. The molecule has 1 aromatic heterocycles. The van der Waals surface area contributed by atoms with Crippen molar-refractivity contribution in [1.29, 1.82) is 0 Å². The lowest BCUT2D eigenvalue weighted by atomic mass is 10.0. The van der Waals surface area contributed by atoms with E-state index in [0.29, 0.717) is 12.4 Å². The minimum absolute atomic E-state index is 0.00619. The topological polar surface area (TPSA) is 109 Å². The number of hydrogen-bond donors (Lipinski definition) is 2. The van der Waals surface area contributed by atoms with Crippen LogP contribution in [0.4, 0.5) is 6.01 Å². The highest BCUT2D eigenvalue weighted by Gasteiger charge is 2.34. The monoisotopic (exact) mass is 270 g/mol. The number of anilines is 1. The van der Waals surface area contributed by atoms with Gasteiger partial charge in [-0.25, -0.2) is 0 Å². The maximum Gasteiger partial charge on any atom is 0.323 e. The lowest BCUT2D eigenvalue weighted by Gasteiger charge is -2.33. The number of rotatable bonds is 6. The molecular formula is C11H18N4O4. The number of aromatic nitrogens is 2. The largest absolute Gasteiger partial charge is 0.480 e. The summed E-state index contributed by atoms with van der Waals surface area (Å²) in [7, 11) is 0. The number of nitrogens with zero attached hydrogens (tertiary/aromatic N) is 3. The van der Waals surface area contributed by atoms with E-state index in [9.17, 15) is 9.59 Å². The first-order chi connectivity index (χ1) is 8.77. The highest BCUT2D eigenvalue weighted by molar-refractivity contribution is 5.91. The normalized spacial score (nSPS) is 11.6. The summed E-state index contributed by atoms with van der Waals surface area (Å²) in [6, 6.07) is 0.00619. The molecule has 19 heavy (non-hydrogen) atoms. The van der Waals surface area contributed by atoms with Crippen molar-refractivity contribution in [3.63, 3.8) is 0 Å². The average Bonchev–Trinajstić information content (AvgIpc) is 2.71. The second kappa shape index (κ2) is 5.79. The number of carbonyl (C=O) groups excluding carboxylic acids is 1. The molecule has 106 valence electrons. The van der Waals surface area contributed by atoms with Crippen molar-refractivity contribution in [1.82, 2.24) is 15.1 Å². The number of carboxylic acids is 1. The molecule has 1 heterocycles. The van der Waals surface area contributed by atoms with Gasteiger partial charge in [-0.3, -0.25) is 19.8 Å². The van der Waals surface area contributed by atoms with Crippen LogP contribution in [0.15, 0.2) is 4.42 Å². The first kappa shape index (κ1) is 15.1. The lowest BCUT2D eigenvalue weighted by molar-refractivity contribution is -0.149. The van der Waals surface area contributed by atoms with Crippen molar-refractivity contribution < 1.29 is 19.1 Å². The number of aryl methyl sites for hydroxylation is 1. The zero-order chi connectivity index (χ0) is 14.6. The third-order valence-corrected chi connectivity index (χ3v) is 2.80. The van der Waals surface area contributed by atoms with E-state index in [0.717, 1.165) is 0 Å². The van der Waals surface area contributed by atoms with Crippen LogP contribution in [0.5, 0.6) is 0 Å². The van der Waals surface area contributed by atoms with Crippen molar-refractivity contribution in [2.24, 2.45) is 0 Å². The molecule has 8 heteroatoms. The quantitative estimate of drug-likeness (QED) is 0.774. The van der Waals surface area contributed by atoms with Crippen LogP contribution in [0.3, 0.4) is 0 Å². The van der Waals surface area contributed by atoms with E-state index in [1.54, 1.807) is 27.7 Å². The van der Waals surface area contributed by atoms with E-state index in [4.69, 9.17) is 9.52 Å². The highest BCUT2D eigenvalue weighted by Crippen LogP contribution is 2.14. The van der Waals surface area contributed by atoms with Gasteiger partial charge >= 0.3 is 12.0 Å². The number of hydrogen-bond acceptors (Lipinski definition) is 6. The van der Waals surface area contributed by atoms with E-state index in [1.807, 2.05) is 0 Å². The van der Waals surface area contributed by atoms with Gasteiger partial charge in [-0.2, -0.15) is 0 Å². The molecule has 0 aliphatic carbocycles. The van der Waals surface area contributed by atoms with Crippen molar-refractivity contribution in [3.05, 3.63) is 5.89 Å². The van der Waals surface area contributed by atoms with Gasteiger partial charge in [0.25, 0.3) is 0 Å². The Kier molecular flexibility index (Phi) is 4.60. The smallest absolute Gasteiger partial charge is 0.323 e. The molecule has 0 aromatic carbocycles. The number of likely N-dealkylation sites (N-methyl/N-ethyl adjacent to an activating group) is 1. The summed E-state index contributed by atoms with van der Waals surface area (Å²) in [5.41, 5.74) is -1.13. The van der Waals surface area contributed by atoms with E-state index in [-0.39, 0.29) is 12.6 Å². The van der Waals surface area contributed by atoms with Gasteiger partial charge in [-0.1, -0.05) is 12.0 Å². The van der Waals surface area contributed by atoms with Crippen molar-refractivity contribution in [2.45, 2.75) is 33.2 Å². The first-order valence-electron chi connectivity index (χ1n) is 5.85. The average molecular weight is 270 g/mol. The number of amides is 1. The fourth-order valence-electron chi connectivity index (χ4n) is 1.52. The SMILES string of the molecule is CCN(CC(=O)Nc1nnc(C)o1)C(C)(C)C(=O)O. The Morgan fingerprint density at radius 3 is 2.47 bits per heavy atom. The summed E-state index contributed by atoms with van der Waals surface area (Å²) in [5.74, 6) is -1.05. The van der Waals surface area contributed by atoms with E-state index >= 15 is 0 Å². The molecule has 0 bridgehead atoms. The summed E-state index contributed by atoms with van der Waals surface area (Å²) >= 11 is 0. The van der Waals surface area contributed by atoms with Gasteiger partial charge in [0, 0.05) is 6.92 Å². The molecule has 1 rings (SSSR count). The molecule has 0 unspecified atom stereocenters. The van der Waals surface area contributed by atoms with Gasteiger partial charge < -0.3 is 9.52 Å². The van der Waals surface area contributed by atoms with Crippen molar-refractivity contribution in [2.75, 3.05) is 18.4 Å². The summed E-state index contributed by atoms with van der Waals surface area (Å²) in [5, 5.41) is 18.8. The lowest BCUT2D eigenvalue weighted by Crippen LogP contribution is -2.52. The molecule has 2 N–H and O–H groups in total. The maximum absolute atomic E-state index is 11.8. The Balaban J connectivity index is 2.66. The minimum Gasteiger partial charge on any atom is -0.480 e. The molecule has 0 atom stereocenters. The fraction of sp³-hybridized carbons (Fsp3) is 0.636. The van der Waals surface area contributed by atoms with E-state index < -0.39 is 17.4 Å². The van der Waals surface area contributed by atoms with Crippen LogP contribution in [0.25, 0.3) is 0 Å². The number of aliphatic carboxylic acids is 1. The van der Waals surface area contributed by atoms with Crippen molar-refractivity contribution >= 4 is 17.9 Å². The molecule has 0 saturated heterocycles. The zero-order valence-electron chi connectivity index (χ0n) is 11.4. The van der Waals surface area contributed by atoms with Crippen LogP contribution >= 0.6 is 0 Å². The molecule has 0 aliphatic rings. The Morgan fingerprint density at radius 2 is 2.05 bits per heavy atom. The highest BCUT2D eigenvalue weighted by atomic mass is 16.4.